The van der Waals surface area contributed by atoms with Crippen molar-refractivity contribution < 1.29 is 4.74 Å². The molecule has 1 heterocycles. The van der Waals surface area contributed by atoms with Crippen molar-refractivity contribution in [2.24, 2.45) is 0 Å². The highest BCUT2D eigenvalue weighted by Gasteiger charge is 2.16. The Hall–Kier alpha value is -0.0800. The average Bonchev–Trinajstić information content (AvgIpc) is 2.09. The van der Waals surface area contributed by atoms with Gasteiger partial charge in [-0.05, 0) is 33.2 Å². The van der Waals surface area contributed by atoms with E-state index in [-0.39, 0.29) is 0 Å². The van der Waals surface area contributed by atoms with E-state index in [4.69, 9.17) is 4.74 Å². The monoisotopic (exact) mass is 171 g/mol. The van der Waals surface area contributed by atoms with Crippen molar-refractivity contribution in [2.75, 3.05) is 26.3 Å². The van der Waals surface area contributed by atoms with E-state index < -0.39 is 0 Å². The molecule has 2 nitrogen and oxygen atoms in total. The van der Waals surface area contributed by atoms with Crippen LogP contribution >= 0.6 is 0 Å². The average molecular weight is 171 g/mol. The molecule has 0 aromatic carbocycles. The van der Waals surface area contributed by atoms with Crippen molar-refractivity contribution in [3.63, 3.8) is 0 Å². The van der Waals surface area contributed by atoms with Gasteiger partial charge in [0.15, 0.2) is 0 Å². The minimum absolute atomic E-state index is 0.777. The predicted octanol–water partition coefficient (Wildman–Crippen LogP) is 1.90. The Morgan fingerprint density at radius 1 is 1.42 bits per heavy atom. The summed E-state index contributed by atoms with van der Waals surface area (Å²) in [6.07, 6.45) is 4.15. The maximum Gasteiger partial charge on any atom is 0.0593 e. The Kier molecular flexibility index (Phi) is 4.62. The summed E-state index contributed by atoms with van der Waals surface area (Å²) in [5, 5.41) is 0. The first-order valence-electron chi connectivity index (χ1n) is 5.16. The molecule has 1 aliphatic heterocycles. The molecule has 1 fully saturated rings. The maximum atomic E-state index is 5.34. The molecule has 1 rings (SSSR count). The zero-order valence-corrected chi connectivity index (χ0v) is 8.38. The predicted molar refractivity (Wildman–Crippen MR) is 51.4 cm³/mol. The molecule has 0 amide bonds. The summed E-state index contributed by atoms with van der Waals surface area (Å²) in [4.78, 5) is 2.54. The second kappa shape index (κ2) is 5.55. The number of hydrogen-bond donors (Lipinski definition) is 0. The lowest BCUT2D eigenvalue weighted by molar-refractivity contribution is 0.0828. The number of ether oxygens (including phenoxy) is 1. The molecule has 0 aromatic rings. The molecule has 0 N–H and O–H groups in total. The van der Waals surface area contributed by atoms with Crippen LogP contribution in [-0.2, 0) is 4.74 Å². The van der Waals surface area contributed by atoms with Crippen LogP contribution in [-0.4, -0.2) is 37.2 Å². The SMILES string of the molecule is CCOCCN1CCCC[C@H]1C. The Morgan fingerprint density at radius 2 is 2.25 bits per heavy atom. The summed E-state index contributed by atoms with van der Waals surface area (Å²) in [6.45, 7) is 8.52. The van der Waals surface area contributed by atoms with Crippen molar-refractivity contribution in [3.8, 4) is 0 Å². The number of rotatable bonds is 4. The van der Waals surface area contributed by atoms with E-state index in [0.717, 1.165) is 25.8 Å². The first-order valence-corrected chi connectivity index (χ1v) is 5.16. The van der Waals surface area contributed by atoms with Crippen molar-refractivity contribution in [3.05, 3.63) is 0 Å². The third kappa shape index (κ3) is 3.11. The van der Waals surface area contributed by atoms with Crippen LogP contribution in [0.25, 0.3) is 0 Å². The van der Waals surface area contributed by atoms with Crippen LogP contribution in [0.5, 0.6) is 0 Å². The van der Waals surface area contributed by atoms with Crippen LogP contribution in [0.4, 0.5) is 0 Å². The maximum absolute atomic E-state index is 5.34. The molecule has 1 aliphatic rings. The molecular weight excluding hydrogens is 150 g/mol. The second-order valence-corrected chi connectivity index (χ2v) is 3.58. The molecule has 0 unspecified atom stereocenters. The summed E-state index contributed by atoms with van der Waals surface area (Å²) in [5.74, 6) is 0. The van der Waals surface area contributed by atoms with Crippen LogP contribution in [0, 0.1) is 0 Å². The van der Waals surface area contributed by atoms with Gasteiger partial charge in [0.1, 0.15) is 0 Å². The summed E-state index contributed by atoms with van der Waals surface area (Å²) >= 11 is 0. The molecule has 1 saturated heterocycles. The Labute approximate surface area is 75.9 Å². The van der Waals surface area contributed by atoms with Gasteiger partial charge in [-0.25, -0.2) is 0 Å². The number of hydrogen-bond acceptors (Lipinski definition) is 2. The van der Waals surface area contributed by atoms with Crippen LogP contribution in [0.2, 0.25) is 0 Å². The second-order valence-electron chi connectivity index (χ2n) is 3.58. The number of nitrogens with zero attached hydrogens (tertiary/aromatic N) is 1. The first-order chi connectivity index (χ1) is 5.84. The van der Waals surface area contributed by atoms with E-state index in [1.165, 1.54) is 25.8 Å². The Balaban J connectivity index is 2.11. The lowest BCUT2D eigenvalue weighted by atomic mass is 10.0. The van der Waals surface area contributed by atoms with Crippen molar-refractivity contribution in [1.29, 1.82) is 0 Å². The molecule has 0 aromatic heterocycles. The van der Waals surface area contributed by atoms with Crippen LogP contribution in [0.1, 0.15) is 33.1 Å². The smallest absolute Gasteiger partial charge is 0.0593 e. The molecular formula is C10H21NO. The molecule has 0 saturated carbocycles. The van der Waals surface area contributed by atoms with Gasteiger partial charge in [-0.2, -0.15) is 0 Å². The van der Waals surface area contributed by atoms with E-state index in [0.29, 0.717) is 0 Å². The lowest BCUT2D eigenvalue weighted by Gasteiger charge is -2.33. The molecule has 0 radical (unpaired) electrons. The van der Waals surface area contributed by atoms with Gasteiger partial charge in [-0.1, -0.05) is 6.42 Å². The summed E-state index contributed by atoms with van der Waals surface area (Å²) in [5.41, 5.74) is 0. The Morgan fingerprint density at radius 3 is 2.92 bits per heavy atom. The molecule has 0 spiro atoms. The number of piperidine rings is 1. The highest BCUT2D eigenvalue weighted by molar-refractivity contribution is 4.72. The molecule has 2 heteroatoms. The van der Waals surface area contributed by atoms with E-state index in [9.17, 15) is 0 Å². The van der Waals surface area contributed by atoms with E-state index >= 15 is 0 Å². The highest BCUT2D eigenvalue weighted by atomic mass is 16.5. The fourth-order valence-corrected chi connectivity index (χ4v) is 1.82. The van der Waals surface area contributed by atoms with Gasteiger partial charge in [0.2, 0.25) is 0 Å². The van der Waals surface area contributed by atoms with Gasteiger partial charge in [-0.3, -0.25) is 4.90 Å². The molecule has 1 atom stereocenters. The minimum atomic E-state index is 0.777. The molecule has 12 heavy (non-hydrogen) atoms. The van der Waals surface area contributed by atoms with Crippen LogP contribution < -0.4 is 0 Å². The zero-order chi connectivity index (χ0) is 8.81. The topological polar surface area (TPSA) is 12.5 Å². The third-order valence-corrected chi connectivity index (χ3v) is 2.67. The summed E-state index contributed by atoms with van der Waals surface area (Å²) in [7, 11) is 0. The minimum Gasteiger partial charge on any atom is -0.380 e. The molecule has 72 valence electrons. The largest absolute Gasteiger partial charge is 0.380 e. The molecule has 0 bridgehead atoms. The Bertz CT molecular complexity index is 116. The summed E-state index contributed by atoms with van der Waals surface area (Å²) < 4.78 is 5.34. The van der Waals surface area contributed by atoms with Gasteiger partial charge >= 0.3 is 0 Å². The fraction of sp³-hybridized carbons (Fsp3) is 1.00. The van der Waals surface area contributed by atoms with E-state index in [1.807, 2.05) is 0 Å². The van der Waals surface area contributed by atoms with Gasteiger partial charge < -0.3 is 4.74 Å². The molecule has 0 aliphatic carbocycles. The standard InChI is InChI=1S/C10H21NO/c1-3-12-9-8-11-7-5-4-6-10(11)2/h10H,3-9H2,1-2H3/t10-/m1/s1. The zero-order valence-electron chi connectivity index (χ0n) is 8.38. The van der Waals surface area contributed by atoms with Crippen LogP contribution in [0.3, 0.4) is 0 Å². The number of likely N-dealkylation sites (tertiary alicyclic amines) is 1. The third-order valence-electron chi connectivity index (χ3n) is 2.67. The fourth-order valence-electron chi connectivity index (χ4n) is 1.82. The van der Waals surface area contributed by atoms with Crippen molar-refractivity contribution >= 4 is 0 Å². The van der Waals surface area contributed by atoms with Gasteiger partial charge in [0.05, 0.1) is 6.61 Å². The lowest BCUT2D eigenvalue weighted by Crippen LogP contribution is -2.39. The highest BCUT2D eigenvalue weighted by Crippen LogP contribution is 2.15. The summed E-state index contributed by atoms with van der Waals surface area (Å²) in [6, 6.07) is 0.777. The van der Waals surface area contributed by atoms with Gasteiger partial charge in [-0.15, -0.1) is 0 Å². The van der Waals surface area contributed by atoms with E-state index in [1.54, 1.807) is 0 Å². The van der Waals surface area contributed by atoms with Gasteiger partial charge in [0.25, 0.3) is 0 Å². The van der Waals surface area contributed by atoms with E-state index in [2.05, 4.69) is 18.7 Å². The van der Waals surface area contributed by atoms with Crippen molar-refractivity contribution in [2.45, 2.75) is 39.2 Å². The first kappa shape index (κ1) is 10.0. The van der Waals surface area contributed by atoms with Gasteiger partial charge in [0, 0.05) is 19.2 Å². The van der Waals surface area contributed by atoms with Crippen molar-refractivity contribution in [1.82, 2.24) is 4.90 Å². The van der Waals surface area contributed by atoms with Crippen LogP contribution in [0.15, 0.2) is 0 Å². The normalized spacial score (nSPS) is 26.0. The quantitative estimate of drug-likeness (QED) is 0.599.